The van der Waals surface area contributed by atoms with Crippen molar-refractivity contribution >= 4 is 21.5 Å². The second-order valence-electron chi connectivity index (χ2n) is 4.17. The molecule has 0 spiro atoms. The number of rotatable bonds is 2. The van der Waals surface area contributed by atoms with Crippen LogP contribution in [0.25, 0.3) is 11.3 Å². The summed E-state index contributed by atoms with van der Waals surface area (Å²) in [7, 11) is 0. The van der Waals surface area contributed by atoms with E-state index in [2.05, 4.69) is 22.0 Å². The van der Waals surface area contributed by atoms with Gasteiger partial charge in [0.2, 0.25) is 0 Å². The fourth-order valence-corrected chi connectivity index (χ4v) is 3.00. The van der Waals surface area contributed by atoms with Crippen molar-refractivity contribution in [1.29, 1.82) is 0 Å². The molecule has 2 heterocycles. The Hall–Kier alpha value is -1.59. The van der Waals surface area contributed by atoms with E-state index in [-0.39, 0.29) is 0 Å². The maximum atomic E-state index is 5.87. The van der Waals surface area contributed by atoms with Gasteiger partial charge in [0.05, 0.1) is 13.2 Å². The number of aromatic nitrogens is 1. The van der Waals surface area contributed by atoms with Crippen LogP contribution in [0.4, 0.5) is 10.1 Å². The zero-order valence-electron chi connectivity index (χ0n) is 10.0. The van der Waals surface area contributed by atoms with Crippen molar-refractivity contribution in [3.63, 3.8) is 0 Å². The van der Waals surface area contributed by atoms with Gasteiger partial charge < -0.3 is 15.4 Å². The van der Waals surface area contributed by atoms with Gasteiger partial charge in [-0.05, 0) is 0 Å². The number of anilines is 2. The fourth-order valence-electron chi connectivity index (χ4n) is 2.09. The van der Waals surface area contributed by atoms with E-state index >= 15 is 0 Å². The number of morpholine rings is 1. The number of nitrogens with two attached hydrogens (primary N) is 1. The van der Waals surface area contributed by atoms with E-state index in [4.69, 9.17) is 10.5 Å². The lowest BCUT2D eigenvalue weighted by Crippen LogP contribution is -2.35. The van der Waals surface area contributed by atoms with Crippen LogP contribution in [-0.4, -0.2) is 31.3 Å². The Kier molecular flexibility index (Phi) is 3.17. The summed E-state index contributed by atoms with van der Waals surface area (Å²) in [5, 5.41) is 1.78. The van der Waals surface area contributed by atoms with Gasteiger partial charge in [0.25, 0.3) is 0 Å². The molecule has 1 fully saturated rings. The summed E-state index contributed by atoms with van der Waals surface area (Å²) in [5.74, 6) is 0. The van der Waals surface area contributed by atoms with Crippen LogP contribution in [0, 0.1) is 0 Å². The molecule has 0 atom stereocenters. The van der Waals surface area contributed by atoms with E-state index in [1.165, 1.54) is 0 Å². The van der Waals surface area contributed by atoms with Crippen LogP contribution in [0.15, 0.2) is 30.3 Å². The second kappa shape index (κ2) is 4.96. The topological polar surface area (TPSA) is 51.4 Å². The lowest BCUT2D eigenvalue weighted by molar-refractivity contribution is 0.123. The summed E-state index contributed by atoms with van der Waals surface area (Å²) in [6.45, 7) is 3.35. The molecule has 1 aromatic carbocycles. The largest absolute Gasteiger partial charge is 0.378 e. The highest BCUT2D eigenvalue weighted by Gasteiger charge is 2.19. The Morgan fingerprint density at radius 2 is 1.89 bits per heavy atom. The van der Waals surface area contributed by atoms with Gasteiger partial charge in [-0.2, -0.15) is 0 Å². The van der Waals surface area contributed by atoms with Crippen molar-refractivity contribution in [2.75, 3.05) is 36.9 Å². The van der Waals surface area contributed by atoms with Crippen molar-refractivity contribution in [1.82, 2.24) is 4.98 Å². The van der Waals surface area contributed by atoms with E-state index in [1.54, 1.807) is 11.3 Å². The average Bonchev–Trinajstić information content (AvgIpc) is 2.83. The summed E-state index contributed by atoms with van der Waals surface area (Å²) in [6, 6.07) is 10.2. The highest BCUT2D eigenvalue weighted by molar-refractivity contribution is 7.19. The van der Waals surface area contributed by atoms with Crippen molar-refractivity contribution < 1.29 is 4.74 Å². The predicted molar refractivity (Wildman–Crippen MR) is 75.0 cm³/mol. The molecule has 94 valence electrons. The predicted octanol–water partition coefficient (Wildman–Crippen LogP) is 2.23. The third-order valence-electron chi connectivity index (χ3n) is 2.97. The summed E-state index contributed by atoms with van der Waals surface area (Å²) in [6.07, 6.45) is 0. The standard InChI is InChI=1S/C13H15N3OS/c14-13-15-11(10-4-2-1-3-5-10)12(18-13)16-6-8-17-9-7-16/h1-5H,6-9H2,(H2,14,15). The molecule has 0 radical (unpaired) electrons. The third kappa shape index (κ3) is 2.19. The van der Waals surface area contributed by atoms with E-state index in [0.29, 0.717) is 5.13 Å². The van der Waals surface area contributed by atoms with Crippen LogP contribution < -0.4 is 10.6 Å². The molecule has 1 aliphatic heterocycles. The van der Waals surface area contributed by atoms with Crippen molar-refractivity contribution in [3.8, 4) is 11.3 Å². The first-order valence-corrected chi connectivity index (χ1v) is 6.80. The Morgan fingerprint density at radius 3 is 2.61 bits per heavy atom. The van der Waals surface area contributed by atoms with Gasteiger partial charge in [-0.3, -0.25) is 0 Å². The van der Waals surface area contributed by atoms with E-state index < -0.39 is 0 Å². The fraction of sp³-hybridized carbons (Fsp3) is 0.308. The summed E-state index contributed by atoms with van der Waals surface area (Å²) >= 11 is 1.55. The smallest absolute Gasteiger partial charge is 0.182 e. The molecule has 0 saturated carbocycles. The number of thiazole rings is 1. The molecular weight excluding hydrogens is 246 g/mol. The minimum absolute atomic E-state index is 0.621. The van der Waals surface area contributed by atoms with Gasteiger partial charge >= 0.3 is 0 Å². The van der Waals surface area contributed by atoms with Crippen LogP contribution in [-0.2, 0) is 4.74 Å². The molecule has 0 amide bonds. The van der Waals surface area contributed by atoms with Crippen LogP contribution in [0.1, 0.15) is 0 Å². The van der Waals surface area contributed by atoms with Gasteiger partial charge in [-0.1, -0.05) is 41.7 Å². The molecule has 1 aromatic heterocycles. The van der Waals surface area contributed by atoms with Gasteiger partial charge in [-0.25, -0.2) is 4.98 Å². The Morgan fingerprint density at radius 1 is 1.17 bits per heavy atom. The van der Waals surface area contributed by atoms with Gasteiger partial charge in [0.15, 0.2) is 5.13 Å². The first-order valence-electron chi connectivity index (χ1n) is 5.99. The Bertz CT molecular complexity index is 520. The van der Waals surface area contributed by atoms with Crippen LogP contribution >= 0.6 is 11.3 Å². The first-order chi connectivity index (χ1) is 8.84. The van der Waals surface area contributed by atoms with E-state index in [1.807, 2.05) is 18.2 Å². The van der Waals surface area contributed by atoms with Crippen LogP contribution in [0.5, 0.6) is 0 Å². The van der Waals surface area contributed by atoms with Crippen LogP contribution in [0.2, 0.25) is 0 Å². The van der Waals surface area contributed by atoms with E-state index in [9.17, 15) is 0 Å². The third-order valence-corrected chi connectivity index (χ3v) is 3.92. The second-order valence-corrected chi connectivity index (χ2v) is 5.18. The summed E-state index contributed by atoms with van der Waals surface area (Å²) < 4.78 is 5.38. The molecule has 1 saturated heterocycles. The molecule has 2 N–H and O–H groups in total. The minimum atomic E-state index is 0.621. The molecule has 18 heavy (non-hydrogen) atoms. The molecule has 1 aliphatic rings. The summed E-state index contributed by atoms with van der Waals surface area (Å²) in [5.41, 5.74) is 7.98. The van der Waals surface area contributed by atoms with Crippen molar-refractivity contribution in [2.24, 2.45) is 0 Å². The number of hydrogen-bond acceptors (Lipinski definition) is 5. The average molecular weight is 261 g/mol. The highest BCUT2D eigenvalue weighted by Crippen LogP contribution is 2.37. The lowest BCUT2D eigenvalue weighted by atomic mass is 10.1. The molecule has 0 unspecified atom stereocenters. The van der Waals surface area contributed by atoms with Gasteiger partial charge in [-0.15, -0.1) is 0 Å². The normalized spacial score (nSPS) is 15.9. The zero-order chi connectivity index (χ0) is 12.4. The van der Waals surface area contributed by atoms with Gasteiger partial charge in [0, 0.05) is 18.7 Å². The lowest BCUT2D eigenvalue weighted by Gasteiger charge is -2.27. The van der Waals surface area contributed by atoms with Crippen molar-refractivity contribution in [3.05, 3.63) is 30.3 Å². The van der Waals surface area contributed by atoms with Crippen molar-refractivity contribution in [2.45, 2.75) is 0 Å². The SMILES string of the molecule is Nc1nc(-c2ccccc2)c(N2CCOCC2)s1. The number of ether oxygens (including phenoxy) is 1. The highest BCUT2D eigenvalue weighted by atomic mass is 32.1. The van der Waals surface area contributed by atoms with Gasteiger partial charge in [0.1, 0.15) is 10.7 Å². The minimum Gasteiger partial charge on any atom is -0.378 e. The van der Waals surface area contributed by atoms with Crippen LogP contribution in [0.3, 0.4) is 0 Å². The number of nitrogens with zero attached hydrogens (tertiary/aromatic N) is 2. The number of hydrogen-bond donors (Lipinski definition) is 1. The Balaban J connectivity index is 1.99. The number of benzene rings is 1. The molecule has 0 aliphatic carbocycles. The molecule has 4 nitrogen and oxygen atoms in total. The summed E-state index contributed by atoms with van der Waals surface area (Å²) in [4.78, 5) is 6.78. The molecule has 2 aromatic rings. The molecular formula is C13H15N3OS. The molecule has 0 bridgehead atoms. The quantitative estimate of drug-likeness (QED) is 0.900. The zero-order valence-corrected chi connectivity index (χ0v) is 10.8. The molecule has 5 heteroatoms. The maximum Gasteiger partial charge on any atom is 0.182 e. The van der Waals surface area contributed by atoms with E-state index in [0.717, 1.165) is 42.6 Å². The first kappa shape index (κ1) is 11.5. The monoisotopic (exact) mass is 261 g/mol. The number of nitrogen functional groups attached to an aromatic ring is 1. The molecule has 3 rings (SSSR count). The Labute approximate surface area is 110 Å². The maximum absolute atomic E-state index is 5.87.